The summed E-state index contributed by atoms with van der Waals surface area (Å²) in [6.45, 7) is 4.06. The van der Waals surface area contributed by atoms with Crippen molar-refractivity contribution in [2.24, 2.45) is 5.73 Å². The van der Waals surface area contributed by atoms with Gasteiger partial charge >= 0.3 is 6.03 Å². The molecular weight excluding hydrogens is 322 g/mol. The second kappa shape index (κ2) is 8.49. The highest BCUT2D eigenvalue weighted by Crippen LogP contribution is 2.23. The van der Waals surface area contributed by atoms with Crippen molar-refractivity contribution >= 4 is 23.3 Å². The topological polar surface area (TPSA) is 84.2 Å². The van der Waals surface area contributed by atoms with Crippen LogP contribution in [0.5, 0.6) is 0 Å². The molecule has 2 aromatic rings. The molecule has 0 aliphatic rings. The van der Waals surface area contributed by atoms with Crippen LogP contribution in [0.1, 0.15) is 47.9 Å². The van der Waals surface area contributed by atoms with Gasteiger partial charge in [-0.3, -0.25) is 4.79 Å². The molecular formula is C18H23N3O2S. The summed E-state index contributed by atoms with van der Waals surface area (Å²) >= 11 is 1.49. The van der Waals surface area contributed by atoms with E-state index in [1.54, 1.807) is 0 Å². The number of urea groups is 1. The Labute approximate surface area is 146 Å². The van der Waals surface area contributed by atoms with Crippen molar-refractivity contribution in [2.45, 2.75) is 38.8 Å². The quantitative estimate of drug-likeness (QED) is 0.718. The minimum Gasteiger partial charge on any atom is -0.352 e. The van der Waals surface area contributed by atoms with E-state index in [0.717, 1.165) is 16.9 Å². The lowest BCUT2D eigenvalue weighted by Crippen LogP contribution is -2.37. The van der Waals surface area contributed by atoms with E-state index in [-0.39, 0.29) is 18.4 Å². The number of aryl methyl sites for hydroxylation is 1. The van der Waals surface area contributed by atoms with E-state index in [9.17, 15) is 9.59 Å². The molecule has 6 heteroatoms. The summed E-state index contributed by atoms with van der Waals surface area (Å²) in [7, 11) is 0. The van der Waals surface area contributed by atoms with Crippen LogP contribution in [0.2, 0.25) is 0 Å². The van der Waals surface area contributed by atoms with Crippen molar-refractivity contribution in [3.05, 3.63) is 57.8 Å². The third-order valence-corrected chi connectivity index (χ3v) is 4.80. The Balaban J connectivity index is 2.03. The van der Waals surface area contributed by atoms with Gasteiger partial charge in [0, 0.05) is 4.88 Å². The summed E-state index contributed by atoms with van der Waals surface area (Å²) in [5.74, 6) is -0.116. The Morgan fingerprint density at radius 1 is 1.12 bits per heavy atom. The van der Waals surface area contributed by atoms with Crippen LogP contribution >= 0.6 is 11.3 Å². The number of benzene rings is 1. The summed E-state index contributed by atoms with van der Waals surface area (Å²) in [5.41, 5.74) is 7.49. The van der Waals surface area contributed by atoms with E-state index >= 15 is 0 Å². The van der Waals surface area contributed by atoms with Crippen LogP contribution in [0, 0.1) is 6.92 Å². The first kappa shape index (κ1) is 18.0. The number of nitrogens with one attached hydrogen (secondary N) is 2. The molecule has 1 heterocycles. The van der Waals surface area contributed by atoms with Crippen molar-refractivity contribution in [3.63, 3.8) is 0 Å². The second-order valence-electron chi connectivity index (χ2n) is 5.72. The summed E-state index contributed by atoms with van der Waals surface area (Å²) < 4.78 is 0. The molecule has 0 spiro atoms. The van der Waals surface area contributed by atoms with Crippen molar-refractivity contribution < 1.29 is 9.59 Å². The monoisotopic (exact) mass is 345 g/mol. The number of primary amides is 1. The van der Waals surface area contributed by atoms with Crippen molar-refractivity contribution in [3.8, 4) is 0 Å². The molecule has 4 N–H and O–H groups in total. The van der Waals surface area contributed by atoms with Gasteiger partial charge in [-0.15, -0.1) is 11.3 Å². The third-order valence-electron chi connectivity index (χ3n) is 3.82. The molecule has 1 aromatic heterocycles. The van der Waals surface area contributed by atoms with Gasteiger partial charge in [0.1, 0.15) is 0 Å². The molecule has 0 unspecified atom stereocenters. The van der Waals surface area contributed by atoms with Gasteiger partial charge in [-0.2, -0.15) is 0 Å². The highest BCUT2D eigenvalue weighted by Gasteiger charge is 2.20. The largest absolute Gasteiger partial charge is 0.352 e. The lowest BCUT2D eigenvalue weighted by atomic mass is 10.0. The standard InChI is InChI=1S/C18H23N3O2S/c1-3-14(13-8-6-12(2)7-9-13)20-17(22)11-15(21-18(19)23)16-5-4-10-24-16/h4-10,14-15H,3,11H2,1-2H3,(H,20,22)(H3,19,21,23)/t14-,15-/m0/s1. The van der Waals surface area contributed by atoms with E-state index in [2.05, 4.69) is 10.6 Å². The summed E-state index contributed by atoms with van der Waals surface area (Å²) in [4.78, 5) is 24.6. The average molecular weight is 345 g/mol. The molecule has 2 atom stereocenters. The van der Waals surface area contributed by atoms with Crippen LogP contribution < -0.4 is 16.4 Å². The SMILES string of the molecule is CC[C@H](NC(=O)C[C@H](NC(N)=O)c1cccs1)c1ccc(C)cc1. The number of nitrogens with two attached hydrogens (primary N) is 1. The fourth-order valence-electron chi connectivity index (χ4n) is 2.54. The van der Waals surface area contributed by atoms with Crippen molar-refractivity contribution in [1.82, 2.24) is 10.6 Å². The Kier molecular flexibility index (Phi) is 6.37. The van der Waals surface area contributed by atoms with E-state index < -0.39 is 12.1 Å². The van der Waals surface area contributed by atoms with E-state index in [1.165, 1.54) is 16.9 Å². The van der Waals surface area contributed by atoms with E-state index in [1.807, 2.05) is 55.6 Å². The first-order valence-electron chi connectivity index (χ1n) is 7.95. The molecule has 0 aliphatic heterocycles. The first-order valence-corrected chi connectivity index (χ1v) is 8.82. The van der Waals surface area contributed by atoms with Gasteiger partial charge in [0.15, 0.2) is 0 Å². The zero-order valence-corrected chi connectivity index (χ0v) is 14.7. The highest BCUT2D eigenvalue weighted by atomic mass is 32.1. The third kappa shape index (κ3) is 5.09. The molecule has 0 radical (unpaired) electrons. The number of amides is 3. The number of carbonyl (C=O) groups is 2. The molecule has 3 amide bonds. The van der Waals surface area contributed by atoms with E-state index in [4.69, 9.17) is 5.73 Å². The fraction of sp³-hybridized carbons (Fsp3) is 0.333. The van der Waals surface area contributed by atoms with Crippen LogP contribution in [0.3, 0.4) is 0 Å². The Morgan fingerprint density at radius 2 is 1.83 bits per heavy atom. The fourth-order valence-corrected chi connectivity index (χ4v) is 3.32. The molecule has 24 heavy (non-hydrogen) atoms. The molecule has 5 nitrogen and oxygen atoms in total. The molecule has 2 rings (SSSR count). The maximum atomic E-state index is 12.4. The van der Waals surface area contributed by atoms with Gasteiger partial charge in [-0.25, -0.2) is 4.79 Å². The zero-order valence-electron chi connectivity index (χ0n) is 13.9. The number of thiophene rings is 1. The maximum Gasteiger partial charge on any atom is 0.312 e. The molecule has 0 saturated carbocycles. The lowest BCUT2D eigenvalue weighted by Gasteiger charge is -2.20. The van der Waals surface area contributed by atoms with Gasteiger partial charge in [0.05, 0.1) is 18.5 Å². The van der Waals surface area contributed by atoms with Gasteiger partial charge in [0.25, 0.3) is 0 Å². The van der Waals surface area contributed by atoms with Gasteiger partial charge < -0.3 is 16.4 Å². The number of carbonyl (C=O) groups excluding carboxylic acids is 2. The lowest BCUT2D eigenvalue weighted by molar-refractivity contribution is -0.122. The van der Waals surface area contributed by atoms with Gasteiger partial charge in [0.2, 0.25) is 5.91 Å². The number of hydrogen-bond donors (Lipinski definition) is 3. The highest BCUT2D eigenvalue weighted by molar-refractivity contribution is 7.10. The Bertz CT molecular complexity index is 668. The Hall–Kier alpha value is -2.34. The molecule has 1 aromatic carbocycles. The minimum atomic E-state index is -0.633. The van der Waals surface area contributed by atoms with Crippen LogP contribution in [-0.2, 0) is 4.79 Å². The summed E-state index contributed by atoms with van der Waals surface area (Å²) in [6, 6.07) is 10.8. The average Bonchev–Trinajstić information content (AvgIpc) is 3.07. The van der Waals surface area contributed by atoms with Crippen LogP contribution in [0.15, 0.2) is 41.8 Å². The first-order chi connectivity index (χ1) is 11.5. The smallest absolute Gasteiger partial charge is 0.312 e. The van der Waals surface area contributed by atoms with Crippen LogP contribution in [0.25, 0.3) is 0 Å². The second-order valence-corrected chi connectivity index (χ2v) is 6.70. The van der Waals surface area contributed by atoms with Crippen LogP contribution in [0.4, 0.5) is 4.79 Å². The molecule has 0 bridgehead atoms. The predicted molar refractivity (Wildman–Crippen MR) is 96.7 cm³/mol. The maximum absolute atomic E-state index is 12.4. The molecule has 0 saturated heterocycles. The van der Waals surface area contributed by atoms with Crippen LogP contribution in [-0.4, -0.2) is 11.9 Å². The zero-order chi connectivity index (χ0) is 17.5. The molecule has 128 valence electrons. The van der Waals surface area contributed by atoms with Gasteiger partial charge in [-0.1, -0.05) is 42.8 Å². The van der Waals surface area contributed by atoms with Crippen molar-refractivity contribution in [2.75, 3.05) is 0 Å². The minimum absolute atomic E-state index is 0.0457. The summed E-state index contributed by atoms with van der Waals surface area (Å²) in [5, 5.41) is 7.59. The number of rotatable bonds is 7. The number of hydrogen-bond acceptors (Lipinski definition) is 3. The van der Waals surface area contributed by atoms with Crippen molar-refractivity contribution in [1.29, 1.82) is 0 Å². The molecule has 0 fully saturated rings. The van der Waals surface area contributed by atoms with E-state index in [0.29, 0.717) is 0 Å². The summed E-state index contributed by atoms with van der Waals surface area (Å²) in [6.07, 6.45) is 0.952. The van der Waals surface area contributed by atoms with Gasteiger partial charge in [-0.05, 0) is 30.4 Å². The molecule has 0 aliphatic carbocycles. The predicted octanol–water partition coefficient (Wildman–Crippen LogP) is 3.42. The Morgan fingerprint density at radius 3 is 2.38 bits per heavy atom. The normalized spacial score (nSPS) is 13.1.